The van der Waals surface area contributed by atoms with Gasteiger partial charge in [0, 0.05) is 24.3 Å². The van der Waals surface area contributed by atoms with Crippen molar-refractivity contribution in [2.45, 2.75) is 12.1 Å². The Morgan fingerprint density at radius 2 is 0.878 bits per heavy atom. The van der Waals surface area contributed by atoms with E-state index in [0.717, 1.165) is 46.5 Å². The first-order chi connectivity index (χ1) is 23.6. The average Bonchev–Trinajstić information content (AvgIpc) is 3.12. The van der Waals surface area contributed by atoms with Crippen molar-refractivity contribution in [3.8, 4) is 0 Å². The van der Waals surface area contributed by atoms with Crippen LogP contribution in [0.3, 0.4) is 0 Å². The van der Waals surface area contributed by atoms with Crippen LogP contribution in [0.1, 0.15) is 34.3 Å². The molecule has 248 valence electrons. The van der Waals surface area contributed by atoms with Gasteiger partial charge in [0.1, 0.15) is 17.3 Å². The molecule has 0 bridgehead atoms. The van der Waals surface area contributed by atoms with Crippen molar-refractivity contribution in [3.05, 3.63) is 218 Å². The van der Waals surface area contributed by atoms with Gasteiger partial charge in [-0.05, 0) is 34.4 Å². The molecule has 6 aromatic rings. The summed E-state index contributed by atoms with van der Waals surface area (Å²) < 4.78 is 38.2. The standard InChI is InChI=1S/C19H15FN2O2.C13H13N.C6H3F2NO2/c20-16-11-12-18(22(23)24)17(13-16)21-19(14-7-3-1-4-8-14)15-9-5-2-6-10-15;14-13(11-7-3-1-4-8-11)12-9-5-2-6-10-12;7-4-1-2-6(9(10)11)5(8)3-4/h1-13,19,21H;1-10,13H,14H2;1-3H. The van der Waals surface area contributed by atoms with E-state index in [0.29, 0.717) is 6.07 Å². The molecule has 0 aliphatic rings. The maximum atomic E-state index is 13.6. The summed E-state index contributed by atoms with van der Waals surface area (Å²) in [6.07, 6.45) is 0. The van der Waals surface area contributed by atoms with Crippen LogP contribution in [-0.2, 0) is 0 Å². The lowest BCUT2D eigenvalue weighted by Gasteiger charge is -2.21. The Balaban J connectivity index is 0.000000183. The minimum atomic E-state index is -1.16. The second-order valence-corrected chi connectivity index (χ2v) is 10.5. The molecule has 0 amide bonds. The highest BCUT2D eigenvalue weighted by atomic mass is 19.1. The van der Waals surface area contributed by atoms with Gasteiger partial charge in [-0.25, -0.2) is 8.78 Å². The molecular weight excluding hydrogens is 633 g/mol. The molecule has 0 fully saturated rings. The maximum Gasteiger partial charge on any atom is 0.304 e. The van der Waals surface area contributed by atoms with Gasteiger partial charge in [-0.2, -0.15) is 4.39 Å². The van der Waals surface area contributed by atoms with E-state index in [9.17, 15) is 33.4 Å². The number of nitrogens with zero attached hydrogens (tertiary/aromatic N) is 2. The fourth-order valence-electron chi connectivity index (χ4n) is 4.73. The lowest BCUT2D eigenvalue weighted by molar-refractivity contribution is -0.387. The van der Waals surface area contributed by atoms with Gasteiger partial charge in [-0.1, -0.05) is 121 Å². The molecule has 0 heterocycles. The van der Waals surface area contributed by atoms with Gasteiger partial charge < -0.3 is 11.1 Å². The van der Waals surface area contributed by atoms with Crippen LogP contribution in [0.2, 0.25) is 0 Å². The highest BCUT2D eigenvalue weighted by Crippen LogP contribution is 2.32. The Bertz CT molecular complexity index is 1870. The van der Waals surface area contributed by atoms with E-state index < -0.39 is 33.0 Å². The molecule has 0 aliphatic carbocycles. The average molecular weight is 665 g/mol. The first kappa shape index (κ1) is 35.5. The normalized spacial score (nSPS) is 10.3. The third-order valence-electron chi connectivity index (χ3n) is 7.14. The van der Waals surface area contributed by atoms with Crippen molar-refractivity contribution in [3.63, 3.8) is 0 Å². The van der Waals surface area contributed by atoms with Crippen molar-refractivity contribution in [1.82, 2.24) is 0 Å². The monoisotopic (exact) mass is 664 g/mol. The molecule has 0 unspecified atom stereocenters. The zero-order valence-electron chi connectivity index (χ0n) is 25.9. The fraction of sp³-hybridized carbons (Fsp3) is 0.0526. The van der Waals surface area contributed by atoms with Crippen LogP contribution in [0.15, 0.2) is 158 Å². The molecule has 6 rings (SSSR count). The summed E-state index contributed by atoms with van der Waals surface area (Å²) in [6.45, 7) is 0. The van der Waals surface area contributed by atoms with E-state index in [1.807, 2.05) is 97.1 Å². The van der Waals surface area contributed by atoms with E-state index in [1.165, 1.54) is 6.07 Å². The summed E-state index contributed by atoms with van der Waals surface area (Å²) in [6, 6.07) is 44.5. The zero-order valence-corrected chi connectivity index (χ0v) is 25.9. The number of nitrogens with one attached hydrogen (secondary N) is 1. The Hall–Kier alpha value is -6.33. The molecule has 0 spiro atoms. The topological polar surface area (TPSA) is 124 Å². The molecule has 0 aliphatic heterocycles. The Morgan fingerprint density at radius 1 is 0.510 bits per heavy atom. The fourth-order valence-corrected chi connectivity index (χ4v) is 4.73. The van der Waals surface area contributed by atoms with Gasteiger partial charge in [-0.3, -0.25) is 20.2 Å². The summed E-state index contributed by atoms with van der Waals surface area (Å²) >= 11 is 0. The van der Waals surface area contributed by atoms with Crippen LogP contribution in [0.25, 0.3) is 0 Å². The highest BCUT2D eigenvalue weighted by molar-refractivity contribution is 5.63. The zero-order chi connectivity index (χ0) is 35.2. The number of hydrogen-bond acceptors (Lipinski definition) is 6. The summed E-state index contributed by atoms with van der Waals surface area (Å²) in [5.74, 6) is -2.51. The molecule has 0 saturated heterocycles. The van der Waals surface area contributed by atoms with Gasteiger partial charge in [0.15, 0.2) is 0 Å². The van der Waals surface area contributed by atoms with E-state index in [2.05, 4.69) is 29.6 Å². The number of benzene rings is 6. The third kappa shape index (κ3) is 10.3. The van der Waals surface area contributed by atoms with Crippen LogP contribution < -0.4 is 11.1 Å². The number of rotatable bonds is 8. The molecule has 0 saturated carbocycles. The summed E-state index contributed by atoms with van der Waals surface area (Å²) in [7, 11) is 0. The quantitative estimate of drug-likeness (QED) is 0.123. The predicted molar refractivity (Wildman–Crippen MR) is 183 cm³/mol. The van der Waals surface area contributed by atoms with Gasteiger partial charge >= 0.3 is 5.69 Å². The van der Waals surface area contributed by atoms with E-state index >= 15 is 0 Å². The molecule has 0 aromatic heterocycles. The second kappa shape index (κ2) is 17.5. The number of anilines is 1. The van der Waals surface area contributed by atoms with Crippen LogP contribution in [0, 0.1) is 37.7 Å². The third-order valence-corrected chi connectivity index (χ3v) is 7.14. The van der Waals surface area contributed by atoms with Gasteiger partial charge in [0.2, 0.25) is 5.82 Å². The number of nitrogens with two attached hydrogens (primary N) is 1. The number of nitro benzene ring substituents is 2. The maximum absolute atomic E-state index is 13.6. The van der Waals surface area contributed by atoms with Crippen molar-refractivity contribution in [2.75, 3.05) is 5.32 Å². The number of halogens is 3. The molecule has 0 atom stereocenters. The molecule has 49 heavy (non-hydrogen) atoms. The molecule has 11 heteroatoms. The second-order valence-electron chi connectivity index (χ2n) is 10.5. The van der Waals surface area contributed by atoms with Gasteiger partial charge in [0.05, 0.1) is 21.9 Å². The van der Waals surface area contributed by atoms with Gasteiger partial charge in [0.25, 0.3) is 5.69 Å². The lowest BCUT2D eigenvalue weighted by atomic mass is 9.98. The Kier molecular flexibility index (Phi) is 12.7. The van der Waals surface area contributed by atoms with Crippen LogP contribution in [-0.4, -0.2) is 9.85 Å². The lowest BCUT2D eigenvalue weighted by Crippen LogP contribution is -2.13. The number of hydrogen-bond donors (Lipinski definition) is 2. The van der Waals surface area contributed by atoms with Crippen LogP contribution in [0.4, 0.5) is 30.2 Å². The van der Waals surface area contributed by atoms with Crippen molar-refractivity contribution in [2.24, 2.45) is 5.73 Å². The minimum Gasteiger partial charge on any atom is -0.369 e. The molecular formula is C38H31F3N4O4. The van der Waals surface area contributed by atoms with E-state index in [-0.39, 0.29) is 23.5 Å². The van der Waals surface area contributed by atoms with Crippen LogP contribution >= 0.6 is 0 Å². The first-order valence-electron chi connectivity index (χ1n) is 14.9. The van der Waals surface area contributed by atoms with Gasteiger partial charge in [-0.15, -0.1) is 0 Å². The molecule has 6 aromatic carbocycles. The summed E-state index contributed by atoms with van der Waals surface area (Å²) in [5, 5.41) is 24.3. The number of nitro groups is 2. The van der Waals surface area contributed by atoms with E-state index in [4.69, 9.17) is 5.73 Å². The van der Waals surface area contributed by atoms with Crippen molar-refractivity contribution in [1.29, 1.82) is 0 Å². The summed E-state index contributed by atoms with van der Waals surface area (Å²) in [5.41, 5.74) is 9.56. The Labute approximate surface area is 280 Å². The van der Waals surface area contributed by atoms with E-state index in [1.54, 1.807) is 0 Å². The van der Waals surface area contributed by atoms with Crippen molar-refractivity contribution < 1.29 is 23.0 Å². The van der Waals surface area contributed by atoms with Crippen LogP contribution in [0.5, 0.6) is 0 Å². The largest absolute Gasteiger partial charge is 0.369 e. The highest BCUT2D eigenvalue weighted by Gasteiger charge is 2.20. The first-order valence-corrected chi connectivity index (χ1v) is 14.9. The molecule has 0 radical (unpaired) electrons. The smallest absolute Gasteiger partial charge is 0.304 e. The minimum absolute atomic E-state index is 0.0163. The SMILES string of the molecule is NC(c1ccccc1)c1ccccc1.O=[N+]([O-])c1ccc(F)cc1F.O=[N+]([O-])c1ccc(F)cc1NC(c1ccccc1)c1ccccc1. The predicted octanol–water partition coefficient (Wildman–Crippen LogP) is 9.54. The van der Waals surface area contributed by atoms with Crippen molar-refractivity contribution >= 4 is 17.1 Å². The summed E-state index contributed by atoms with van der Waals surface area (Å²) in [4.78, 5) is 19.8. The Morgan fingerprint density at radius 3 is 1.27 bits per heavy atom. The molecule has 8 nitrogen and oxygen atoms in total. The molecule has 3 N–H and O–H groups in total.